The van der Waals surface area contributed by atoms with Crippen molar-refractivity contribution in [2.75, 3.05) is 16.4 Å². The van der Waals surface area contributed by atoms with Crippen molar-refractivity contribution < 1.29 is 4.79 Å². The minimum atomic E-state index is 0.0457. The van der Waals surface area contributed by atoms with E-state index in [1.165, 1.54) is 0 Å². The summed E-state index contributed by atoms with van der Waals surface area (Å²) in [5.41, 5.74) is 2.94. The normalized spacial score (nSPS) is 13.5. The fourth-order valence-electron chi connectivity index (χ4n) is 2.05. The number of rotatable bonds is 3. The molecule has 6 heteroatoms. The first-order valence-corrected chi connectivity index (χ1v) is 8.52. The number of benzene rings is 2. The van der Waals surface area contributed by atoms with Gasteiger partial charge in [0.1, 0.15) is 0 Å². The Balaban J connectivity index is 1.72. The van der Waals surface area contributed by atoms with Gasteiger partial charge in [0.25, 0.3) is 0 Å². The molecule has 0 unspecified atom stereocenters. The van der Waals surface area contributed by atoms with Crippen LogP contribution in [0.15, 0.2) is 45.8 Å². The third-order valence-corrected chi connectivity index (χ3v) is 5.40. The topological polar surface area (TPSA) is 41.1 Å². The molecule has 108 valence electrons. The summed E-state index contributed by atoms with van der Waals surface area (Å²) in [5, 5.41) is 6.92. The zero-order valence-corrected chi connectivity index (χ0v) is 14.1. The molecule has 0 radical (unpaired) electrons. The maximum absolute atomic E-state index is 11.4. The maximum atomic E-state index is 11.4. The number of carbonyl (C=O) groups is 1. The lowest BCUT2D eigenvalue weighted by Gasteiger charge is -2.17. The predicted octanol–water partition coefficient (Wildman–Crippen LogP) is 4.76. The summed E-state index contributed by atoms with van der Waals surface area (Å²) in [5.74, 6) is 0.529. The van der Waals surface area contributed by atoms with Crippen LogP contribution >= 0.6 is 39.3 Å². The summed E-state index contributed by atoms with van der Waals surface area (Å²) in [4.78, 5) is 12.5. The van der Waals surface area contributed by atoms with Gasteiger partial charge in [0.05, 0.1) is 16.5 Å². The van der Waals surface area contributed by atoms with Crippen LogP contribution in [0.2, 0.25) is 5.02 Å². The molecule has 0 fully saturated rings. The largest absolute Gasteiger partial charge is 0.381 e. The number of halogens is 2. The van der Waals surface area contributed by atoms with Crippen molar-refractivity contribution >= 4 is 56.6 Å². The quantitative estimate of drug-likeness (QED) is 0.803. The smallest absolute Gasteiger partial charge is 0.234 e. The van der Waals surface area contributed by atoms with E-state index in [-0.39, 0.29) is 5.91 Å². The van der Waals surface area contributed by atoms with Gasteiger partial charge in [-0.1, -0.05) is 17.7 Å². The molecule has 0 bridgehead atoms. The van der Waals surface area contributed by atoms with Crippen molar-refractivity contribution in [3.05, 3.63) is 51.5 Å². The highest BCUT2D eigenvalue weighted by molar-refractivity contribution is 9.10. The minimum Gasteiger partial charge on any atom is -0.381 e. The van der Waals surface area contributed by atoms with Crippen LogP contribution in [0.1, 0.15) is 5.56 Å². The van der Waals surface area contributed by atoms with Gasteiger partial charge in [0.2, 0.25) is 5.91 Å². The molecule has 3 rings (SSSR count). The average molecular weight is 384 g/mol. The Hall–Kier alpha value is -1.17. The van der Waals surface area contributed by atoms with Gasteiger partial charge in [0, 0.05) is 21.6 Å². The van der Waals surface area contributed by atoms with Crippen LogP contribution in [-0.2, 0) is 11.3 Å². The summed E-state index contributed by atoms with van der Waals surface area (Å²) in [6, 6.07) is 11.9. The van der Waals surface area contributed by atoms with Crippen molar-refractivity contribution in [2.24, 2.45) is 0 Å². The van der Waals surface area contributed by atoms with Crippen molar-refractivity contribution in [1.29, 1.82) is 0 Å². The van der Waals surface area contributed by atoms with Crippen LogP contribution in [0.5, 0.6) is 0 Å². The Labute approximate surface area is 140 Å². The van der Waals surface area contributed by atoms with E-state index < -0.39 is 0 Å². The van der Waals surface area contributed by atoms with Crippen LogP contribution in [0.4, 0.5) is 11.4 Å². The number of fused-ring (bicyclic) bond motifs is 1. The lowest BCUT2D eigenvalue weighted by Crippen LogP contribution is -2.18. The second-order valence-corrected chi connectivity index (χ2v) is 6.93. The number of thioether (sulfide) groups is 1. The Morgan fingerprint density at radius 3 is 2.95 bits per heavy atom. The Morgan fingerprint density at radius 1 is 1.29 bits per heavy atom. The molecule has 0 atom stereocenters. The van der Waals surface area contributed by atoms with Crippen molar-refractivity contribution in [2.45, 2.75) is 11.4 Å². The van der Waals surface area contributed by atoms with E-state index >= 15 is 0 Å². The second kappa shape index (κ2) is 6.30. The fraction of sp³-hybridized carbons (Fsp3) is 0.133. The van der Waals surface area contributed by atoms with Crippen LogP contribution in [-0.4, -0.2) is 11.7 Å². The number of hydrogen-bond donors (Lipinski definition) is 2. The number of anilines is 2. The van der Waals surface area contributed by atoms with E-state index in [0.717, 1.165) is 26.3 Å². The van der Waals surface area contributed by atoms with Gasteiger partial charge in [-0.15, -0.1) is 11.8 Å². The first-order valence-electron chi connectivity index (χ1n) is 6.36. The molecule has 0 aliphatic carbocycles. The van der Waals surface area contributed by atoms with Gasteiger partial charge in [-0.2, -0.15) is 0 Å². The first-order chi connectivity index (χ1) is 10.1. The molecule has 0 spiro atoms. The highest BCUT2D eigenvalue weighted by Gasteiger charge is 2.15. The lowest BCUT2D eigenvalue weighted by molar-refractivity contribution is -0.113. The molecule has 0 saturated carbocycles. The van der Waals surface area contributed by atoms with Gasteiger partial charge >= 0.3 is 0 Å². The van der Waals surface area contributed by atoms with Gasteiger partial charge in [-0.25, -0.2) is 0 Å². The molecule has 21 heavy (non-hydrogen) atoms. The average Bonchev–Trinajstić information content (AvgIpc) is 2.48. The summed E-state index contributed by atoms with van der Waals surface area (Å²) >= 11 is 11.0. The van der Waals surface area contributed by atoms with Crippen molar-refractivity contribution in [1.82, 2.24) is 0 Å². The van der Waals surface area contributed by atoms with Gasteiger partial charge in [-0.05, 0) is 51.8 Å². The summed E-state index contributed by atoms with van der Waals surface area (Å²) in [6.07, 6.45) is 0. The number of nitrogens with one attached hydrogen (secondary N) is 2. The predicted molar refractivity (Wildman–Crippen MR) is 92.3 cm³/mol. The van der Waals surface area contributed by atoms with Crippen LogP contribution in [0.3, 0.4) is 0 Å². The van der Waals surface area contributed by atoms with E-state index in [4.69, 9.17) is 11.6 Å². The molecule has 1 aliphatic heterocycles. The van der Waals surface area contributed by atoms with E-state index in [9.17, 15) is 4.79 Å². The van der Waals surface area contributed by atoms with Crippen LogP contribution in [0.25, 0.3) is 0 Å². The molecule has 1 heterocycles. The number of amides is 1. The van der Waals surface area contributed by atoms with Crippen LogP contribution in [0, 0.1) is 0 Å². The zero-order chi connectivity index (χ0) is 14.8. The molecular weight excluding hydrogens is 372 g/mol. The third kappa shape index (κ3) is 3.54. The molecule has 0 saturated heterocycles. The minimum absolute atomic E-state index is 0.0457. The van der Waals surface area contributed by atoms with Crippen molar-refractivity contribution in [3.8, 4) is 0 Å². The fourth-order valence-corrected chi connectivity index (χ4v) is 3.29. The zero-order valence-electron chi connectivity index (χ0n) is 11.0. The van der Waals surface area contributed by atoms with E-state index in [1.54, 1.807) is 11.8 Å². The highest BCUT2D eigenvalue weighted by atomic mass is 79.9. The van der Waals surface area contributed by atoms with Gasteiger partial charge < -0.3 is 10.6 Å². The molecule has 2 N–H and O–H groups in total. The molecule has 2 aromatic rings. The molecular formula is C15H12BrClN2OS. The van der Waals surface area contributed by atoms with Crippen molar-refractivity contribution in [3.63, 3.8) is 0 Å². The Bertz CT molecular complexity index is 708. The highest BCUT2D eigenvalue weighted by Crippen LogP contribution is 2.33. The Kier molecular flexibility index (Phi) is 4.42. The van der Waals surface area contributed by atoms with Crippen LogP contribution < -0.4 is 10.6 Å². The molecule has 1 amide bonds. The van der Waals surface area contributed by atoms with E-state index in [0.29, 0.717) is 17.3 Å². The maximum Gasteiger partial charge on any atom is 0.234 e. The Morgan fingerprint density at radius 2 is 2.14 bits per heavy atom. The SMILES string of the molecule is O=C1CSc2ccc(NCc3ccc(Br)c(Cl)c3)cc2N1. The van der Waals surface area contributed by atoms with Gasteiger partial charge in [0.15, 0.2) is 0 Å². The molecule has 0 aromatic heterocycles. The molecule has 3 nitrogen and oxygen atoms in total. The number of carbonyl (C=O) groups excluding carboxylic acids is 1. The van der Waals surface area contributed by atoms with E-state index in [2.05, 4.69) is 26.6 Å². The second-order valence-electron chi connectivity index (χ2n) is 4.65. The summed E-state index contributed by atoms with van der Waals surface area (Å²) < 4.78 is 0.890. The number of hydrogen-bond acceptors (Lipinski definition) is 3. The molecule has 2 aromatic carbocycles. The van der Waals surface area contributed by atoms with Gasteiger partial charge in [-0.3, -0.25) is 4.79 Å². The lowest BCUT2D eigenvalue weighted by atomic mass is 10.2. The monoisotopic (exact) mass is 382 g/mol. The molecule has 1 aliphatic rings. The summed E-state index contributed by atoms with van der Waals surface area (Å²) in [6.45, 7) is 0.673. The van der Waals surface area contributed by atoms with E-state index in [1.807, 2.05) is 36.4 Å². The summed E-state index contributed by atoms with van der Waals surface area (Å²) in [7, 11) is 0. The standard InChI is InChI=1S/C15H12BrClN2OS/c16-11-3-1-9(5-12(11)17)7-18-10-2-4-14-13(6-10)19-15(20)8-21-14/h1-6,18H,7-8H2,(H,19,20). The third-order valence-electron chi connectivity index (χ3n) is 3.09. The first kappa shape index (κ1) is 14.8.